The zero-order valence-corrected chi connectivity index (χ0v) is 14.2. The molecule has 1 heterocycles. The maximum atomic E-state index is 4.91. The van der Waals surface area contributed by atoms with Gasteiger partial charge in [0.1, 0.15) is 5.82 Å². The average Bonchev–Trinajstić information content (AvgIpc) is 2.25. The van der Waals surface area contributed by atoms with Gasteiger partial charge in [0.15, 0.2) is 0 Å². The summed E-state index contributed by atoms with van der Waals surface area (Å²) in [4.78, 5) is 11.9. The molecule has 3 nitrogen and oxygen atoms in total. The first kappa shape index (κ1) is 15.4. The van der Waals surface area contributed by atoms with Crippen molar-refractivity contribution in [3.8, 4) is 0 Å². The van der Waals surface area contributed by atoms with Crippen molar-refractivity contribution in [2.45, 2.75) is 65.8 Å². The molecule has 112 valence electrons. The third-order valence-electron chi connectivity index (χ3n) is 4.00. The molecule has 0 radical (unpaired) electrons. The highest BCUT2D eigenvalue weighted by Crippen LogP contribution is 2.38. The SMILES string of the molecule is CN(C)Cc1nc2c(c(C(C)(C)C)n1)CC(C)(C)CC2. The Hall–Kier alpha value is -0.960. The Labute approximate surface area is 123 Å². The van der Waals surface area contributed by atoms with Crippen LogP contribution in [-0.2, 0) is 24.8 Å². The monoisotopic (exact) mass is 275 g/mol. The van der Waals surface area contributed by atoms with Gasteiger partial charge in [-0.1, -0.05) is 34.6 Å². The van der Waals surface area contributed by atoms with Gasteiger partial charge in [-0.3, -0.25) is 0 Å². The highest BCUT2D eigenvalue weighted by molar-refractivity contribution is 5.34. The molecule has 0 aliphatic heterocycles. The number of hydrogen-bond acceptors (Lipinski definition) is 3. The number of rotatable bonds is 2. The molecule has 0 N–H and O–H groups in total. The van der Waals surface area contributed by atoms with Crippen molar-refractivity contribution < 1.29 is 0 Å². The van der Waals surface area contributed by atoms with Crippen molar-refractivity contribution >= 4 is 0 Å². The lowest BCUT2D eigenvalue weighted by atomic mass is 9.73. The average molecular weight is 275 g/mol. The van der Waals surface area contributed by atoms with Gasteiger partial charge in [0.25, 0.3) is 0 Å². The molecule has 1 aromatic heterocycles. The van der Waals surface area contributed by atoms with Gasteiger partial charge < -0.3 is 4.90 Å². The van der Waals surface area contributed by atoms with Crippen molar-refractivity contribution in [1.82, 2.24) is 14.9 Å². The Balaban J connectivity index is 2.52. The van der Waals surface area contributed by atoms with Crippen LogP contribution in [0.25, 0.3) is 0 Å². The van der Waals surface area contributed by atoms with Gasteiger partial charge in [0.2, 0.25) is 0 Å². The number of aromatic nitrogens is 2. The highest BCUT2D eigenvalue weighted by atomic mass is 15.1. The van der Waals surface area contributed by atoms with Gasteiger partial charge in [-0.15, -0.1) is 0 Å². The second kappa shape index (κ2) is 5.10. The number of hydrogen-bond donors (Lipinski definition) is 0. The normalized spacial score (nSPS) is 18.2. The van der Waals surface area contributed by atoms with Crippen molar-refractivity contribution in [2.75, 3.05) is 14.1 Å². The highest BCUT2D eigenvalue weighted by Gasteiger charge is 2.32. The summed E-state index contributed by atoms with van der Waals surface area (Å²) in [5.41, 5.74) is 4.42. The first-order valence-corrected chi connectivity index (χ1v) is 7.62. The lowest BCUT2D eigenvalue weighted by Gasteiger charge is -2.34. The predicted molar refractivity (Wildman–Crippen MR) is 83.9 cm³/mol. The molecule has 2 rings (SSSR count). The number of nitrogens with zero attached hydrogens (tertiary/aromatic N) is 3. The van der Waals surface area contributed by atoms with E-state index in [0.29, 0.717) is 5.41 Å². The fraction of sp³-hybridized carbons (Fsp3) is 0.765. The van der Waals surface area contributed by atoms with E-state index in [4.69, 9.17) is 9.97 Å². The summed E-state index contributed by atoms with van der Waals surface area (Å²) < 4.78 is 0. The molecule has 0 fully saturated rings. The summed E-state index contributed by atoms with van der Waals surface area (Å²) in [6.45, 7) is 12.3. The van der Waals surface area contributed by atoms with E-state index >= 15 is 0 Å². The van der Waals surface area contributed by atoms with Gasteiger partial charge in [-0.05, 0) is 44.3 Å². The summed E-state index contributed by atoms with van der Waals surface area (Å²) in [6.07, 6.45) is 3.42. The molecular formula is C17H29N3. The largest absolute Gasteiger partial charge is 0.302 e. The van der Waals surface area contributed by atoms with Crippen LogP contribution in [-0.4, -0.2) is 29.0 Å². The number of aryl methyl sites for hydroxylation is 1. The second-order valence-electron chi connectivity index (χ2n) is 8.24. The molecule has 0 saturated carbocycles. The van der Waals surface area contributed by atoms with E-state index < -0.39 is 0 Å². The minimum atomic E-state index is 0.0848. The van der Waals surface area contributed by atoms with Crippen LogP contribution in [0.4, 0.5) is 0 Å². The van der Waals surface area contributed by atoms with E-state index in [-0.39, 0.29) is 5.41 Å². The Kier molecular flexibility index (Phi) is 3.94. The van der Waals surface area contributed by atoms with Gasteiger partial charge in [0.05, 0.1) is 12.2 Å². The van der Waals surface area contributed by atoms with Crippen LogP contribution in [0.3, 0.4) is 0 Å². The third-order valence-corrected chi connectivity index (χ3v) is 4.00. The van der Waals surface area contributed by atoms with Crippen LogP contribution in [0, 0.1) is 5.41 Å². The molecule has 0 unspecified atom stereocenters. The lowest BCUT2D eigenvalue weighted by molar-refractivity contribution is 0.304. The van der Waals surface area contributed by atoms with Crippen molar-refractivity contribution in [3.63, 3.8) is 0 Å². The molecule has 20 heavy (non-hydrogen) atoms. The molecular weight excluding hydrogens is 246 g/mol. The molecule has 0 saturated heterocycles. The Morgan fingerprint density at radius 3 is 2.35 bits per heavy atom. The zero-order chi connectivity index (χ0) is 15.1. The summed E-state index contributed by atoms with van der Waals surface area (Å²) in [7, 11) is 4.14. The number of fused-ring (bicyclic) bond motifs is 1. The molecule has 1 aromatic rings. The molecule has 1 aliphatic rings. The van der Waals surface area contributed by atoms with Crippen molar-refractivity contribution in [3.05, 3.63) is 22.8 Å². The van der Waals surface area contributed by atoms with Crippen LogP contribution in [0.1, 0.15) is 63.8 Å². The summed E-state index contributed by atoms with van der Waals surface area (Å²) in [5.74, 6) is 0.971. The van der Waals surface area contributed by atoms with Gasteiger partial charge in [-0.25, -0.2) is 9.97 Å². The first-order valence-electron chi connectivity index (χ1n) is 7.62. The van der Waals surface area contributed by atoms with Gasteiger partial charge in [0, 0.05) is 11.1 Å². The minimum absolute atomic E-state index is 0.0848. The zero-order valence-electron chi connectivity index (χ0n) is 14.2. The second-order valence-corrected chi connectivity index (χ2v) is 8.24. The fourth-order valence-electron chi connectivity index (χ4n) is 2.97. The van der Waals surface area contributed by atoms with Crippen LogP contribution >= 0.6 is 0 Å². The van der Waals surface area contributed by atoms with Crippen LogP contribution < -0.4 is 0 Å². The van der Waals surface area contributed by atoms with Crippen LogP contribution in [0.2, 0.25) is 0 Å². The quantitative estimate of drug-likeness (QED) is 0.829. The predicted octanol–water partition coefficient (Wildman–Crippen LogP) is 3.35. The molecule has 3 heteroatoms. The van der Waals surface area contributed by atoms with Crippen molar-refractivity contribution in [2.24, 2.45) is 5.41 Å². The van der Waals surface area contributed by atoms with Crippen LogP contribution in [0.15, 0.2) is 0 Å². The summed E-state index contributed by atoms with van der Waals surface area (Å²) >= 11 is 0. The smallest absolute Gasteiger partial charge is 0.142 e. The van der Waals surface area contributed by atoms with Crippen LogP contribution in [0.5, 0.6) is 0 Å². The topological polar surface area (TPSA) is 29.0 Å². The van der Waals surface area contributed by atoms with E-state index in [0.717, 1.165) is 25.2 Å². The van der Waals surface area contributed by atoms with E-state index in [9.17, 15) is 0 Å². The van der Waals surface area contributed by atoms with Gasteiger partial charge >= 0.3 is 0 Å². The Morgan fingerprint density at radius 1 is 1.15 bits per heavy atom. The molecule has 1 aliphatic carbocycles. The third kappa shape index (κ3) is 3.38. The maximum absolute atomic E-state index is 4.91. The Bertz CT molecular complexity index is 496. The summed E-state index contributed by atoms with van der Waals surface area (Å²) in [6, 6.07) is 0. The van der Waals surface area contributed by atoms with Gasteiger partial charge in [-0.2, -0.15) is 0 Å². The molecule has 0 amide bonds. The molecule has 0 aromatic carbocycles. The van der Waals surface area contributed by atoms with E-state index in [1.807, 2.05) is 0 Å². The molecule has 0 atom stereocenters. The lowest BCUT2D eigenvalue weighted by Crippen LogP contribution is -2.30. The molecule has 0 bridgehead atoms. The minimum Gasteiger partial charge on any atom is -0.302 e. The first-order chi connectivity index (χ1) is 9.08. The van der Waals surface area contributed by atoms with E-state index in [1.54, 1.807) is 0 Å². The molecule has 0 spiro atoms. The standard InChI is InChI=1S/C17H29N3/c1-16(2,3)15-12-10-17(4,5)9-8-13(12)18-14(19-15)11-20(6)7/h8-11H2,1-7H3. The van der Waals surface area contributed by atoms with E-state index in [2.05, 4.69) is 53.6 Å². The Morgan fingerprint density at radius 2 is 1.80 bits per heavy atom. The maximum Gasteiger partial charge on any atom is 0.142 e. The fourth-order valence-corrected chi connectivity index (χ4v) is 2.97. The van der Waals surface area contributed by atoms with Crippen molar-refractivity contribution in [1.29, 1.82) is 0 Å². The summed E-state index contributed by atoms with van der Waals surface area (Å²) in [5, 5.41) is 0. The van der Waals surface area contributed by atoms with E-state index in [1.165, 1.54) is 23.4 Å².